The molecule has 1 aliphatic heterocycles. The molecule has 0 aromatic carbocycles. The van der Waals surface area contributed by atoms with Crippen LogP contribution in [-0.4, -0.2) is 80.9 Å². The molecule has 0 aromatic rings. The average Bonchev–Trinajstić information content (AvgIpc) is 3.22. The highest BCUT2D eigenvalue weighted by molar-refractivity contribution is 7.90. The molecule has 0 bridgehead atoms. The highest BCUT2D eigenvalue weighted by Crippen LogP contribution is 2.29. The quantitative estimate of drug-likeness (QED) is 0.704. The van der Waals surface area contributed by atoms with Gasteiger partial charge in [0.25, 0.3) is 0 Å². The van der Waals surface area contributed by atoms with Gasteiger partial charge in [0.2, 0.25) is 5.91 Å². The molecule has 2 aliphatic rings. The third-order valence-corrected chi connectivity index (χ3v) is 5.27. The molecule has 6 nitrogen and oxygen atoms in total. The second-order valence-electron chi connectivity index (χ2n) is 6.29. The Labute approximate surface area is 139 Å². The molecule has 1 amide bonds. The molecule has 1 aliphatic carbocycles. The van der Waals surface area contributed by atoms with Crippen LogP contribution in [0, 0.1) is 0 Å². The Morgan fingerprint density at radius 1 is 1.32 bits per heavy atom. The van der Waals surface area contributed by atoms with Crippen LogP contribution in [-0.2, 0) is 14.6 Å². The van der Waals surface area contributed by atoms with Crippen molar-refractivity contribution >= 4 is 28.2 Å². The maximum Gasteiger partial charge on any atom is 0.223 e. The minimum Gasteiger partial charge on any atom is -0.340 e. The number of hydrogen-bond donors (Lipinski definition) is 1. The molecule has 130 valence electrons. The average molecular weight is 354 g/mol. The lowest BCUT2D eigenvalue weighted by Crippen LogP contribution is -2.48. The molecule has 0 spiro atoms. The van der Waals surface area contributed by atoms with Crippen LogP contribution < -0.4 is 5.32 Å². The molecule has 1 saturated heterocycles. The van der Waals surface area contributed by atoms with Crippen LogP contribution in [0.3, 0.4) is 0 Å². The zero-order chi connectivity index (χ0) is 15.5. The van der Waals surface area contributed by atoms with E-state index < -0.39 is 9.84 Å². The van der Waals surface area contributed by atoms with E-state index in [0.717, 1.165) is 39.0 Å². The zero-order valence-corrected chi connectivity index (χ0v) is 15.1. The van der Waals surface area contributed by atoms with E-state index in [1.165, 1.54) is 6.26 Å². The maximum absolute atomic E-state index is 12.2. The van der Waals surface area contributed by atoms with Crippen molar-refractivity contribution in [3.8, 4) is 0 Å². The molecule has 1 saturated carbocycles. The van der Waals surface area contributed by atoms with Gasteiger partial charge in [0, 0.05) is 57.5 Å². The predicted molar refractivity (Wildman–Crippen MR) is 90.2 cm³/mol. The number of halogens is 1. The predicted octanol–water partition coefficient (Wildman–Crippen LogP) is 0.128. The van der Waals surface area contributed by atoms with E-state index in [2.05, 4.69) is 10.2 Å². The zero-order valence-electron chi connectivity index (χ0n) is 13.5. The highest BCUT2D eigenvalue weighted by atomic mass is 35.5. The number of nitrogens with zero attached hydrogens (tertiary/aromatic N) is 2. The van der Waals surface area contributed by atoms with Gasteiger partial charge in [-0.2, -0.15) is 0 Å². The van der Waals surface area contributed by atoms with Gasteiger partial charge in [0.15, 0.2) is 0 Å². The second kappa shape index (κ2) is 8.47. The summed E-state index contributed by atoms with van der Waals surface area (Å²) in [5.41, 5.74) is 0. The van der Waals surface area contributed by atoms with Crippen molar-refractivity contribution in [3.05, 3.63) is 0 Å². The summed E-state index contributed by atoms with van der Waals surface area (Å²) >= 11 is 0. The molecule has 22 heavy (non-hydrogen) atoms. The first kappa shape index (κ1) is 19.7. The van der Waals surface area contributed by atoms with E-state index in [4.69, 9.17) is 0 Å². The summed E-state index contributed by atoms with van der Waals surface area (Å²) < 4.78 is 22.9. The number of carbonyl (C=O) groups excluding carboxylic acids is 1. The Morgan fingerprint density at radius 2 is 1.91 bits per heavy atom. The van der Waals surface area contributed by atoms with Gasteiger partial charge in [-0.05, 0) is 19.8 Å². The number of piperazine rings is 1. The van der Waals surface area contributed by atoms with Crippen molar-refractivity contribution < 1.29 is 13.2 Å². The lowest BCUT2D eigenvalue weighted by Gasteiger charge is -2.31. The van der Waals surface area contributed by atoms with Crippen LogP contribution in [0.1, 0.15) is 26.2 Å². The van der Waals surface area contributed by atoms with Crippen molar-refractivity contribution in [1.82, 2.24) is 15.1 Å². The van der Waals surface area contributed by atoms with Crippen LogP contribution >= 0.6 is 12.4 Å². The summed E-state index contributed by atoms with van der Waals surface area (Å²) in [6.45, 7) is 5.91. The van der Waals surface area contributed by atoms with Crippen molar-refractivity contribution in [2.24, 2.45) is 0 Å². The minimum absolute atomic E-state index is 0. The lowest BCUT2D eigenvalue weighted by atomic mass is 10.2. The Kier molecular flexibility index (Phi) is 7.58. The van der Waals surface area contributed by atoms with E-state index in [1.807, 2.05) is 11.8 Å². The van der Waals surface area contributed by atoms with Crippen molar-refractivity contribution in [2.45, 2.75) is 38.3 Å². The Morgan fingerprint density at radius 3 is 2.41 bits per heavy atom. The number of hydrogen-bond acceptors (Lipinski definition) is 5. The summed E-state index contributed by atoms with van der Waals surface area (Å²) in [5.74, 6) is 0.361. The van der Waals surface area contributed by atoms with Gasteiger partial charge in [0.05, 0.1) is 5.75 Å². The van der Waals surface area contributed by atoms with Gasteiger partial charge < -0.3 is 10.2 Å². The van der Waals surface area contributed by atoms with Crippen LogP contribution in [0.25, 0.3) is 0 Å². The van der Waals surface area contributed by atoms with Crippen LogP contribution in [0.5, 0.6) is 0 Å². The van der Waals surface area contributed by atoms with Gasteiger partial charge in [0.1, 0.15) is 9.84 Å². The van der Waals surface area contributed by atoms with Gasteiger partial charge in [-0.25, -0.2) is 8.42 Å². The molecule has 0 aromatic heterocycles. The largest absolute Gasteiger partial charge is 0.340 e. The fourth-order valence-corrected chi connectivity index (χ4v) is 4.07. The number of amides is 1. The molecular weight excluding hydrogens is 326 g/mol. The fraction of sp³-hybridized carbons (Fsp3) is 0.929. The monoisotopic (exact) mass is 353 g/mol. The van der Waals surface area contributed by atoms with Crippen LogP contribution in [0.15, 0.2) is 0 Å². The SMILES string of the molecule is CC(CS(C)(=O)=O)N(CCC(=O)N1CCNCC1)C1CC1.Cl. The molecule has 2 rings (SSSR count). The van der Waals surface area contributed by atoms with E-state index in [1.54, 1.807) is 0 Å². The van der Waals surface area contributed by atoms with E-state index >= 15 is 0 Å². The summed E-state index contributed by atoms with van der Waals surface area (Å²) in [5, 5.41) is 3.24. The Balaban J connectivity index is 0.00000242. The van der Waals surface area contributed by atoms with E-state index in [0.29, 0.717) is 19.0 Å². The standard InChI is InChI=1S/C14H27N3O3S.ClH/c1-12(11-21(2,19)20)17(13-3-4-13)8-5-14(18)16-9-6-15-7-10-16;/h12-13,15H,3-11H2,1-2H3;1H. The van der Waals surface area contributed by atoms with Gasteiger partial charge >= 0.3 is 0 Å². The molecule has 1 N–H and O–H groups in total. The number of nitrogens with one attached hydrogen (secondary N) is 1. The van der Waals surface area contributed by atoms with E-state index in [9.17, 15) is 13.2 Å². The summed E-state index contributed by atoms with van der Waals surface area (Å²) in [4.78, 5) is 16.3. The highest BCUT2D eigenvalue weighted by Gasteiger charge is 2.33. The first-order valence-corrected chi connectivity index (χ1v) is 9.85. The molecule has 1 heterocycles. The number of rotatable bonds is 7. The normalized spacial score (nSPS) is 20.6. The molecule has 0 radical (unpaired) electrons. The maximum atomic E-state index is 12.2. The molecule has 8 heteroatoms. The van der Waals surface area contributed by atoms with Crippen molar-refractivity contribution in [1.29, 1.82) is 0 Å². The van der Waals surface area contributed by atoms with Gasteiger partial charge in [-0.3, -0.25) is 9.69 Å². The summed E-state index contributed by atoms with van der Waals surface area (Å²) in [6, 6.07) is 0.459. The second-order valence-corrected chi connectivity index (χ2v) is 8.48. The summed E-state index contributed by atoms with van der Waals surface area (Å²) in [6.07, 6.45) is 4.01. The minimum atomic E-state index is -2.98. The molecule has 1 atom stereocenters. The smallest absolute Gasteiger partial charge is 0.223 e. The fourth-order valence-electron chi connectivity index (χ4n) is 3.00. The topological polar surface area (TPSA) is 69.7 Å². The Bertz CT molecular complexity index is 462. The van der Waals surface area contributed by atoms with Crippen molar-refractivity contribution in [3.63, 3.8) is 0 Å². The molecule has 1 unspecified atom stereocenters. The number of sulfone groups is 1. The first-order valence-electron chi connectivity index (χ1n) is 7.79. The third kappa shape index (κ3) is 6.40. The van der Waals surface area contributed by atoms with Crippen LogP contribution in [0.4, 0.5) is 0 Å². The third-order valence-electron chi connectivity index (χ3n) is 4.18. The molecular formula is C14H28ClN3O3S. The van der Waals surface area contributed by atoms with E-state index in [-0.39, 0.29) is 30.1 Å². The first-order chi connectivity index (χ1) is 9.87. The van der Waals surface area contributed by atoms with Gasteiger partial charge in [-0.15, -0.1) is 12.4 Å². The van der Waals surface area contributed by atoms with Gasteiger partial charge in [-0.1, -0.05) is 0 Å². The van der Waals surface area contributed by atoms with Crippen LogP contribution in [0.2, 0.25) is 0 Å². The lowest BCUT2D eigenvalue weighted by molar-refractivity contribution is -0.132. The molecule has 2 fully saturated rings. The Hall–Kier alpha value is -0.370. The summed E-state index contributed by atoms with van der Waals surface area (Å²) in [7, 11) is -2.98. The van der Waals surface area contributed by atoms with Crippen molar-refractivity contribution in [2.75, 3.05) is 44.7 Å². The number of carbonyl (C=O) groups is 1.